The van der Waals surface area contributed by atoms with Crippen molar-refractivity contribution in [2.45, 2.75) is 6.61 Å². The molecule has 0 aliphatic rings. The molecule has 2 aromatic heterocycles. The minimum absolute atomic E-state index is 0.0691. The van der Waals surface area contributed by atoms with Crippen molar-refractivity contribution in [2.24, 2.45) is 0 Å². The summed E-state index contributed by atoms with van der Waals surface area (Å²) in [5.74, 6) is 1.45. The van der Waals surface area contributed by atoms with E-state index in [9.17, 15) is 10.1 Å². The molecule has 0 aliphatic carbocycles. The van der Waals surface area contributed by atoms with Crippen LogP contribution in [0.5, 0.6) is 11.5 Å². The predicted octanol–water partition coefficient (Wildman–Crippen LogP) is 3.19. The molecule has 22 heavy (non-hydrogen) atoms. The second kappa shape index (κ2) is 5.94. The third-order valence-electron chi connectivity index (χ3n) is 2.91. The number of hydrogen-bond donors (Lipinski definition) is 0. The van der Waals surface area contributed by atoms with Gasteiger partial charge in [0.05, 0.1) is 12.0 Å². The van der Waals surface area contributed by atoms with Gasteiger partial charge in [0.25, 0.3) is 5.69 Å². The van der Waals surface area contributed by atoms with Gasteiger partial charge in [-0.15, -0.1) is 0 Å². The molecule has 8 heteroatoms. The Morgan fingerprint density at radius 1 is 1.27 bits per heavy atom. The van der Waals surface area contributed by atoms with Crippen LogP contribution in [0.1, 0.15) is 5.01 Å². The third-order valence-corrected chi connectivity index (χ3v) is 3.86. The number of rotatable bonds is 5. The Kier molecular flexibility index (Phi) is 3.84. The number of thiazole rings is 1. The van der Waals surface area contributed by atoms with Gasteiger partial charge in [0.15, 0.2) is 0 Å². The van der Waals surface area contributed by atoms with Crippen LogP contribution in [0.3, 0.4) is 0 Å². The van der Waals surface area contributed by atoms with Crippen molar-refractivity contribution in [3.63, 3.8) is 0 Å². The lowest BCUT2D eigenvalue weighted by atomic mass is 10.3. The number of ether oxygens (including phenoxy) is 2. The second-order valence-electron chi connectivity index (χ2n) is 4.35. The van der Waals surface area contributed by atoms with E-state index >= 15 is 0 Å². The largest absolute Gasteiger partial charge is 0.497 e. The molecule has 0 amide bonds. The third kappa shape index (κ3) is 2.96. The standard InChI is InChI=1S/C14H11N3O4S/c1-20-10-2-4-11(5-3-10)21-8-13-16-12-6-9(17(18)19)7-15-14(12)22-13/h2-7H,8H2,1H3. The Balaban J connectivity index is 1.74. The minimum atomic E-state index is -0.487. The van der Waals surface area contributed by atoms with Gasteiger partial charge in [0, 0.05) is 6.07 Å². The van der Waals surface area contributed by atoms with Crippen LogP contribution in [0.25, 0.3) is 10.3 Å². The molecule has 2 heterocycles. The lowest BCUT2D eigenvalue weighted by molar-refractivity contribution is -0.385. The fourth-order valence-corrected chi connectivity index (χ4v) is 2.64. The van der Waals surface area contributed by atoms with Gasteiger partial charge in [-0.2, -0.15) is 0 Å². The zero-order valence-electron chi connectivity index (χ0n) is 11.6. The van der Waals surface area contributed by atoms with Crippen LogP contribution < -0.4 is 9.47 Å². The first-order chi connectivity index (χ1) is 10.7. The monoisotopic (exact) mass is 317 g/mol. The molecule has 7 nitrogen and oxygen atoms in total. The van der Waals surface area contributed by atoms with Crippen molar-refractivity contribution < 1.29 is 14.4 Å². The van der Waals surface area contributed by atoms with Crippen LogP contribution in [0.2, 0.25) is 0 Å². The van der Waals surface area contributed by atoms with Crippen LogP contribution in [-0.4, -0.2) is 22.0 Å². The highest BCUT2D eigenvalue weighted by molar-refractivity contribution is 7.18. The van der Waals surface area contributed by atoms with Crippen molar-refractivity contribution in [3.05, 3.63) is 51.7 Å². The molecule has 0 saturated heterocycles. The summed E-state index contributed by atoms with van der Waals surface area (Å²) < 4.78 is 10.7. The topological polar surface area (TPSA) is 87.4 Å². The van der Waals surface area contributed by atoms with E-state index < -0.39 is 4.92 Å². The molecule has 0 fully saturated rings. The average Bonchev–Trinajstić information content (AvgIpc) is 2.95. The van der Waals surface area contributed by atoms with E-state index in [4.69, 9.17) is 9.47 Å². The van der Waals surface area contributed by atoms with Crippen molar-refractivity contribution >= 4 is 27.4 Å². The maximum absolute atomic E-state index is 10.7. The highest BCUT2D eigenvalue weighted by Crippen LogP contribution is 2.25. The molecule has 1 aromatic carbocycles. The summed E-state index contributed by atoms with van der Waals surface area (Å²) in [5, 5.41) is 11.4. The molecular weight excluding hydrogens is 306 g/mol. The highest BCUT2D eigenvalue weighted by Gasteiger charge is 2.12. The fourth-order valence-electron chi connectivity index (χ4n) is 1.84. The van der Waals surface area contributed by atoms with E-state index in [1.54, 1.807) is 31.4 Å². The van der Waals surface area contributed by atoms with Crippen molar-refractivity contribution in [3.8, 4) is 11.5 Å². The molecule has 0 bridgehead atoms. The van der Waals surface area contributed by atoms with E-state index in [2.05, 4.69) is 9.97 Å². The molecule has 3 aromatic rings. The molecule has 0 radical (unpaired) electrons. The molecule has 112 valence electrons. The number of hydrogen-bond acceptors (Lipinski definition) is 7. The van der Waals surface area contributed by atoms with Crippen LogP contribution in [0, 0.1) is 10.1 Å². The lowest BCUT2D eigenvalue weighted by Gasteiger charge is -2.04. The molecule has 3 rings (SSSR count). The Bertz CT molecular complexity index is 817. The van der Waals surface area contributed by atoms with E-state index in [1.807, 2.05) is 0 Å². The average molecular weight is 317 g/mol. The SMILES string of the molecule is COc1ccc(OCc2nc3cc([N+](=O)[O-])cnc3s2)cc1. The number of aromatic nitrogens is 2. The molecule has 0 N–H and O–H groups in total. The van der Waals surface area contributed by atoms with Gasteiger partial charge in [0.2, 0.25) is 0 Å². The summed E-state index contributed by atoms with van der Waals surface area (Å²) in [4.78, 5) is 19.2. The van der Waals surface area contributed by atoms with Crippen molar-refractivity contribution in [1.29, 1.82) is 0 Å². The second-order valence-corrected chi connectivity index (χ2v) is 5.41. The van der Waals surface area contributed by atoms with Crippen LogP contribution in [0.4, 0.5) is 5.69 Å². The number of nitrogens with zero attached hydrogens (tertiary/aromatic N) is 3. The van der Waals surface area contributed by atoms with Gasteiger partial charge in [-0.1, -0.05) is 11.3 Å². The minimum Gasteiger partial charge on any atom is -0.497 e. The predicted molar refractivity (Wildman–Crippen MR) is 81.4 cm³/mol. The first-order valence-corrected chi connectivity index (χ1v) is 7.14. The molecular formula is C14H11N3O4S. The molecule has 0 aliphatic heterocycles. The summed E-state index contributed by atoms with van der Waals surface area (Å²) in [5.41, 5.74) is 0.438. The maximum atomic E-state index is 10.7. The van der Waals surface area contributed by atoms with E-state index in [0.29, 0.717) is 21.1 Å². The number of pyridine rings is 1. The van der Waals surface area contributed by atoms with Gasteiger partial charge in [-0.3, -0.25) is 10.1 Å². The molecule has 0 spiro atoms. The summed E-state index contributed by atoms with van der Waals surface area (Å²) in [6.45, 7) is 0.279. The molecule has 0 atom stereocenters. The number of fused-ring (bicyclic) bond motifs is 1. The summed E-state index contributed by atoms with van der Waals surface area (Å²) in [7, 11) is 1.60. The first-order valence-electron chi connectivity index (χ1n) is 6.32. The Morgan fingerprint density at radius 2 is 2.00 bits per heavy atom. The van der Waals surface area contributed by atoms with E-state index in [0.717, 1.165) is 5.75 Å². The number of methoxy groups -OCH3 is 1. The lowest BCUT2D eigenvalue weighted by Crippen LogP contribution is -1.94. The number of benzene rings is 1. The Hall–Kier alpha value is -2.74. The van der Waals surface area contributed by atoms with Gasteiger partial charge in [-0.05, 0) is 24.3 Å². The summed E-state index contributed by atoms with van der Waals surface area (Å²) in [6.07, 6.45) is 1.23. The number of nitro groups is 1. The molecule has 0 saturated carbocycles. The summed E-state index contributed by atoms with van der Waals surface area (Å²) in [6, 6.07) is 8.62. The van der Waals surface area contributed by atoms with Gasteiger partial charge in [0.1, 0.15) is 39.7 Å². The fraction of sp³-hybridized carbons (Fsp3) is 0.143. The van der Waals surface area contributed by atoms with E-state index in [1.165, 1.54) is 23.6 Å². The zero-order valence-corrected chi connectivity index (χ0v) is 12.4. The van der Waals surface area contributed by atoms with Gasteiger partial charge in [-0.25, -0.2) is 9.97 Å². The Morgan fingerprint density at radius 3 is 2.68 bits per heavy atom. The van der Waals surface area contributed by atoms with E-state index in [-0.39, 0.29) is 12.3 Å². The molecule has 0 unspecified atom stereocenters. The summed E-state index contributed by atoms with van der Waals surface area (Å²) >= 11 is 1.35. The first kappa shape index (κ1) is 14.2. The Labute approximate surface area is 129 Å². The van der Waals surface area contributed by atoms with Crippen LogP contribution >= 0.6 is 11.3 Å². The van der Waals surface area contributed by atoms with Crippen molar-refractivity contribution in [1.82, 2.24) is 9.97 Å². The van der Waals surface area contributed by atoms with Crippen LogP contribution in [0.15, 0.2) is 36.5 Å². The van der Waals surface area contributed by atoms with Crippen molar-refractivity contribution in [2.75, 3.05) is 7.11 Å². The smallest absolute Gasteiger partial charge is 0.289 e. The zero-order chi connectivity index (χ0) is 15.5. The highest BCUT2D eigenvalue weighted by atomic mass is 32.1. The maximum Gasteiger partial charge on any atom is 0.289 e. The normalized spacial score (nSPS) is 10.6. The van der Waals surface area contributed by atoms with Crippen LogP contribution in [-0.2, 0) is 6.61 Å². The quantitative estimate of drug-likeness (QED) is 0.530. The van der Waals surface area contributed by atoms with Gasteiger partial charge < -0.3 is 9.47 Å². The van der Waals surface area contributed by atoms with Gasteiger partial charge >= 0.3 is 0 Å².